The van der Waals surface area contributed by atoms with E-state index in [-0.39, 0.29) is 10.2 Å². The maximum absolute atomic E-state index is 12.6. The van der Waals surface area contributed by atoms with Gasteiger partial charge in [0.05, 0.1) is 10.6 Å². The van der Waals surface area contributed by atoms with Crippen LogP contribution in [-0.2, 0) is 6.18 Å². The molecular formula is C12H6Cl2F3NS. The van der Waals surface area contributed by atoms with E-state index in [1.54, 1.807) is 24.3 Å². The second-order valence-corrected chi connectivity index (χ2v) is 5.40. The van der Waals surface area contributed by atoms with Gasteiger partial charge >= 0.3 is 6.18 Å². The minimum Gasteiger partial charge on any atom is -0.229 e. The summed E-state index contributed by atoms with van der Waals surface area (Å²) in [7, 11) is 0. The third-order valence-corrected chi connectivity index (χ3v) is 3.78. The molecule has 0 aliphatic rings. The first kappa shape index (κ1) is 14.5. The van der Waals surface area contributed by atoms with E-state index in [4.69, 9.17) is 23.2 Å². The standard InChI is InChI=1S/C12H6Cl2F3NS/c13-8-3-1-2-4-9(8)19-11-6-7(12(15,16)17)5-10(14)18-11/h1-6H. The Bertz CT molecular complexity index is 602. The fourth-order valence-electron chi connectivity index (χ4n) is 1.33. The fourth-order valence-corrected chi connectivity index (χ4v) is 2.71. The monoisotopic (exact) mass is 323 g/mol. The minimum atomic E-state index is -4.46. The summed E-state index contributed by atoms with van der Waals surface area (Å²) >= 11 is 12.6. The van der Waals surface area contributed by atoms with Crippen molar-refractivity contribution < 1.29 is 13.2 Å². The lowest BCUT2D eigenvalue weighted by Gasteiger charge is -2.09. The highest BCUT2D eigenvalue weighted by Gasteiger charge is 2.31. The SMILES string of the molecule is FC(F)(F)c1cc(Cl)nc(Sc2ccccc2Cl)c1. The Morgan fingerprint density at radius 1 is 1.05 bits per heavy atom. The molecule has 0 saturated carbocycles. The molecule has 1 aromatic heterocycles. The van der Waals surface area contributed by atoms with Crippen LogP contribution in [0.2, 0.25) is 10.2 Å². The summed E-state index contributed by atoms with van der Waals surface area (Å²) in [5.41, 5.74) is -0.831. The summed E-state index contributed by atoms with van der Waals surface area (Å²) in [6, 6.07) is 8.56. The molecule has 19 heavy (non-hydrogen) atoms. The second kappa shape index (κ2) is 5.61. The first-order chi connectivity index (χ1) is 8.86. The van der Waals surface area contributed by atoms with Crippen molar-refractivity contribution in [1.82, 2.24) is 4.98 Å². The molecule has 1 heterocycles. The molecule has 1 nitrogen and oxygen atoms in total. The first-order valence-electron chi connectivity index (χ1n) is 5.03. The average Bonchev–Trinajstić information content (AvgIpc) is 2.30. The molecule has 2 aromatic rings. The van der Waals surface area contributed by atoms with Gasteiger partial charge < -0.3 is 0 Å². The molecule has 0 atom stereocenters. The van der Waals surface area contributed by atoms with E-state index in [2.05, 4.69) is 4.98 Å². The number of halogens is 5. The Kier molecular flexibility index (Phi) is 4.28. The van der Waals surface area contributed by atoms with Gasteiger partial charge in [-0.3, -0.25) is 0 Å². The minimum absolute atomic E-state index is 0.146. The third kappa shape index (κ3) is 3.78. The number of hydrogen-bond acceptors (Lipinski definition) is 2. The number of rotatable bonds is 2. The number of benzene rings is 1. The molecule has 7 heteroatoms. The van der Waals surface area contributed by atoms with Crippen molar-refractivity contribution in [2.75, 3.05) is 0 Å². The molecule has 1 aromatic carbocycles. The van der Waals surface area contributed by atoms with Crippen LogP contribution in [0.1, 0.15) is 5.56 Å². The van der Waals surface area contributed by atoms with E-state index < -0.39 is 11.7 Å². The van der Waals surface area contributed by atoms with Crippen LogP contribution < -0.4 is 0 Å². The van der Waals surface area contributed by atoms with Gasteiger partial charge in [-0.25, -0.2) is 4.98 Å². The van der Waals surface area contributed by atoms with Gasteiger partial charge in [-0.05, 0) is 24.3 Å². The summed E-state index contributed by atoms with van der Waals surface area (Å²) in [4.78, 5) is 4.47. The van der Waals surface area contributed by atoms with Crippen LogP contribution in [0.5, 0.6) is 0 Å². The fraction of sp³-hybridized carbons (Fsp3) is 0.0833. The van der Waals surface area contributed by atoms with Crippen molar-refractivity contribution in [1.29, 1.82) is 0 Å². The van der Waals surface area contributed by atoms with Crippen LogP contribution in [0.3, 0.4) is 0 Å². The van der Waals surface area contributed by atoms with Crippen LogP contribution >= 0.6 is 35.0 Å². The lowest BCUT2D eigenvalue weighted by molar-refractivity contribution is -0.137. The average molecular weight is 324 g/mol. The summed E-state index contributed by atoms with van der Waals surface area (Å²) in [5, 5.41) is 0.389. The van der Waals surface area contributed by atoms with Crippen LogP contribution in [0, 0.1) is 0 Å². The first-order valence-corrected chi connectivity index (χ1v) is 6.60. The van der Waals surface area contributed by atoms with Crippen LogP contribution in [0.15, 0.2) is 46.3 Å². The second-order valence-electron chi connectivity index (χ2n) is 3.55. The lowest BCUT2D eigenvalue weighted by Crippen LogP contribution is -2.05. The molecule has 2 rings (SSSR count). The van der Waals surface area contributed by atoms with Crippen molar-refractivity contribution in [3.8, 4) is 0 Å². The van der Waals surface area contributed by atoms with Gasteiger partial charge in [0.2, 0.25) is 0 Å². The van der Waals surface area contributed by atoms with Crippen molar-refractivity contribution in [2.24, 2.45) is 0 Å². The highest BCUT2D eigenvalue weighted by Crippen LogP contribution is 2.36. The van der Waals surface area contributed by atoms with Crippen LogP contribution in [0.25, 0.3) is 0 Å². The Morgan fingerprint density at radius 2 is 1.74 bits per heavy atom. The van der Waals surface area contributed by atoms with E-state index in [9.17, 15) is 13.2 Å². The zero-order valence-corrected chi connectivity index (χ0v) is 11.5. The quantitative estimate of drug-likeness (QED) is 0.671. The number of nitrogens with zero attached hydrogens (tertiary/aromatic N) is 1. The molecule has 0 bridgehead atoms. The predicted molar refractivity (Wildman–Crippen MR) is 69.8 cm³/mol. The van der Waals surface area contributed by atoms with Crippen molar-refractivity contribution in [3.05, 3.63) is 52.1 Å². The van der Waals surface area contributed by atoms with E-state index in [0.29, 0.717) is 9.92 Å². The summed E-state index contributed by atoms with van der Waals surface area (Å²) in [5.74, 6) is 0. The topological polar surface area (TPSA) is 12.9 Å². The highest BCUT2D eigenvalue weighted by atomic mass is 35.5. The molecule has 0 amide bonds. The summed E-state index contributed by atoms with van der Waals surface area (Å²) in [6.45, 7) is 0. The van der Waals surface area contributed by atoms with Crippen molar-refractivity contribution in [3.63, 3.8) is 0 Å². The Morgan fingerprint density at radius 3 is 2.37 bits per heavy atom. The van der Waals surface area contributed by atoms with Crippen LogP contribution in [0.4, 0.5) is 13.2 Å². The maximum atomic E-state index is 12.6. The predicted octanol–water partition coefficient (Wildman–Crippen LogP) is 5.56. The highest BCUT2D eigenvalue weighted by molar-refractivity contribution is 7.99. The van der Waals surface area contributed by atoms with Gasteiger partial charge in [-0.2, -0.15) is 13.2 Å². The molecule has 100 valence electrons. The van der Waals surface area contributed by atoms with Crippen molar-refractivity contribution in [2.45, 2.75) is 16.1 Å². The molecule has 0 aliphatic heterocycles. The molecule has 0 saturated heterocycles. The molecule has 0 radical (unpaired) electrons. The largest absolute Gasteiger partial charge is 0.416 e. The number of alkyl halides is 3. The van der Waals surface area contributed by atoms with Gasteiger partial charge in [-0.15, -0.1) is 0 Å². The molecule has 0 spiro atoms. The maximum Gasteiger partial charge on any atom is 0.416 e. The van der Waals surface area contributed by atoms with E-state index in [1.807, 2.05) is 0 Å². The van der Waals surface area contributed by atoms with Crippen molar-refractivity contribution >= 4 is 35.0 Å². The third-order valence-electron chi connectivity index (χ3n) is 2.15. The molecule has 0 N–H and O–H groups in total. The Hall–Kier alpha value is -0.910. The molecule has 0 aliphatic carbocycles. The number of hydrogen-bond donors (Lipinski definition) is 0. The van der Waals surface area contributed by atoms with Gasteiger partial charge in [-0.1, -0.05) is 47.1 Å². The van der Waals surface area contributed by atoms with Crippen LogP contribution in [-0.4, -0.2) is 4.98 Å². The molecule has 0 unspecified atom stereocenters. The Balaban J connectivity index is 2.36. The van der Waals surface area contributed by atoms with E-state index >= 15 is 0 Å². The van der Waals surface area contributed by atoms with Gasteiger partial charge in [0.25, 0.3) is 0 Å². The normalized spacial score (nSPS) is 11.6. The summed E-state index contributed by atoms with van der Waals surface area (Å²) in [6.07, 6.45) is -4.46. The zero-order valence-electron chi connectivity index (χ0n) is 9.21. The van der Waals surface area contributed by atoms with E-state index in [0.717, 1.165) is 23.9 Å². The lowest BCUT2D eigenvalue weighted by atomic mass is 10.3. The van der Waals surface area contributed by atoms with Gasteiger partial charge in [0.15, 0.2) is 0 Å². The molecular weight excluding hydrogens is 318 g/mol. The number of pyridine rings is 1. The smallest absolute Gasteiger partial charge is 0.229 e. The van der Waals surface area contributed by atoms with Gasteiger partial charge in [0.1, 0.15) is 10.2 Å². The van der Waals surface area contributed by atoms with Gasteiger partial charge in [0, 0.05) is 4.90 Å². The zero-order chi connectivity index (χ0) is 14.0. The number of aromatic nitrogens is 1. The molecule has 0 fully saturated rings. The summed E-state index contributed by atoms with van der Waals surface area (Å²) < 4.78 is 37.9. The Labute approximate surface area is 121 Å². The van der Waals surface area contributed by atoms with E-state index in [1.165, 1.54) is 0 Å².